The number of hydrogen-bond donors (Lipinski definition) is 1. The number of methoxy groups -OCH3 is 2. The fourth-order valence-corrected chi connectivity index (χ4v) is 4.00. The molecule has 160 valence electrons. The molecule has 1 amide bonds. The number of Topliss-reactive ketones (excluding diaryl/α,β-unsaturated/α-hetero) is 1. The first-order valence-electron chi connectivity index (χ1n) is 10.0. The van der Waals surface area contributed by atoms with Crippen LogP contribution < -0.4 is 14.8 Å². The van der Waals surface area contributed by atoms with Gasteiger partial charge in [0.05, 0.1) is 31.1 Å². The Morgan fingerprint density at radius 3 is 2.44 bits per heavy atom. The molecule has 2 unspecified atom stereocenters. The van der Waals surface area contributed by atoms with E-state index in [-0.39, 0.29) is 11.7 Å². The number of carbonyl (C=O) groups is 2. The first-order chi connectivity index (χ1) is 15.5. The predicted octanol–water partition coefficient (Wildman–Crippen LogP) is 3.75. The van der Waals surface area contributed by atoms with Crippen molar-refractivity contribution in [3.63, 3.8) is 0 Å². The van der Waals surface area contributed by atoms with Gasteiger partial charge in [0.2, 0.25) is 5.91 Å². The zero-order chi connectivity index (χ0) is 22.7. The minimum absolute atomic E-state index is 0.155. The maximum absolute atomic E-state index is 13.7. The molecule has 0 aliphatic heterocycles. The van der Waals surface area contributed by atoms with E-state index in [1.54, 1.807) is 30.3 Å². The molecule has 7 heteroatoms. The minimum atomic E-state index is -0.975. The molecule has 1 fully saturated rings. The van der Waals surface area contributed by atoms with Crippen LogP contribution in [0.15, 0.2) is 66.9 Å². The summed E-state index contributed by atoms with van der Waals surface area (Å²) in [5.74, 6) is 0.307. The van der Waals surface area contributed by atoms with Crippen LogP contribution >= 0.6 is 0 Å². The number of nitriles is 1. The Labute approximate surface area is 185 Å². The standard InChI is InChI=1S/C25H21N3O4/c1-31-20-10-9-17(12-21(20)32-2)23(29)25(18-6-4-3-5-7-18)13-19(25)24(30)28-22-11-8-16(14-26)15-27-22/h3-12,15,19H,13H2,1-2H3,(H,27,28,30). The Balaban J connectivity index is 1.66. The molecule has 3 aromatic rings. The highest BCUT2D eigenvalue weighted by Crippen LogP contribution is 2.57. The Kier molecular flexibility index (Phi) is 5.61. The van der Waals surface area contributed by atoms with Gasteiger partial charge in [-0.25, -0.2) is 4.98 Å². The molecule has 1 N–H and O–H groups in total. The number of rotatable bonds is 7. The molecule has 0 radical (unpaired) electrons. The van der Waals surface area contributed by atoms with Gasteiger partial charge in [-0.2, -0.15) is 5.26 Å². The van der Waals surface area contributed by atoms with Gasteiger partial charge in [0.1, 0.15) is 11.9 Å². The molecule has 7 nitrogen and oxygen atoms in total. The van der Waals surface area contributed by atoms with E-state index < -0.39 is 11.3 Å². The summed E-state index contributed by atoms with van der Waals surface area (Å²) in [5.41, 5.74) is 0.653. The van der Waals surface area contributed by atoms with Crippen molar-refractivity contribution in [2.24, 2.45) is 5.92 Å². The van der Waals surface area contributed by atoms with E-state index in [1.165, 1.54) is 20.4 Å². The van der Waals surface area contributed by atoms with Gasteiger partial charge in [0.25, 0.3) is 0 Å². The molecule has 1 heterocycles. The van der Waals surface area contributed by atoms with Crippen LogP contribution in [0.5, 0.6) is 11.5 Å². The Hall–Kier alpha value is -4.18. The number of amides is 1. The van der Waals surface area contributed by atoms with Crippen molar-refractivity contribution in [2.45, 2.75) is 11.8 Å². The Morgan fingerprint density at radius 1 is 1.06 bits per heavy atom. The monoisotopic (exact) mass is 427 g/mol. The summed E-state index contributed by atoms with van der Waals surface area (Å²) < 4.78 is 10.6. The highest BCUT2D eigenvalue weighted by atomic mass is 16.5. The highest BCUT2D eigenvalue weighted by molar-refractivity contribution is 6.12. The number of aromatic nitrogens is 1. The van der Waals surface area contributed by atoms with E-state index in [0.717, 1.165) is 5.56 Å². The van der Waals surface area contributed by atoms with E-state index in [1.807, 2.05) is 36.4 Å². The van der Waals surface area contributed by atoms with Crippen molar-refractivity contribution in [2.75, 3.05) is 19.5 Å². The number of ketones is 1. The maximum Gasteiger partial charge on any atom is 0.230 e. The molecular formula is C25H21N3O4. The topological polar surface area (TPSA) is 101 Å². The molecule has 1 aliphatic carbocycles. The fourth-order valence-electron chi connectivity index (χ4n) is 4.00. The minimum Gasteiger partial charge on any atom is -0.493 e. The number of pyridine rings is 1. The SMILES string of the molecule is COc1ccc(C(=O)C2(c3ccccc3)CC2C(=O)Nc2ccc(C#N)cn2)cc1OC. The fraction of sp³-hybridized carbons (Fsp3) is 0.200. The number of carbonyl (C=O) groups excluding carboxylic acids is 2. The van der Waals surface area contributed by atoms with E-state index in [9.17, 15) is 9.59 Å². The number of nitrogens with zero attached hydrogens (tertiary/aromatic N) is 2. The van der Waals surface area contributed by atoms with E-state index in [2.05, 4.69) is 10.3 Å². The van der Waals surface area contributed by atoms with Gasteiger partial charge in [-0.15, -0.1) is 0 Å². The van der Waals surface area contributed by atoms with Gasteiger partial charge in [0.15, 0.2) is 17.3 Å². The van der Waals surface area contributed by atoms with Gasteiger partial charge in [-0.1, -0.05) is 30.3 Å². The average Bonchev–Trinajstić information content (AvgIpc) is 3.61. The summed E-state index contributed by atoms with van der Waals surface area (Å²) in [4.78, 5) is 30.9. The van der Waals surface area contributed by atoms with Gasteiger partial charge in [0, 0.05) is 11.8 Å². The first kappa shape index (κ1) is 21.1. The normalized spacial score (nSPS) is 18.8. The molecule has 1 saturated carbocycles. The summed E-state index contributed by atoms with van der Waals surface area (Å²) in [7, 11) is 3.04. The van der Waals surface area contributed by atoms with E-state index >= 15 is 0 Å². The predicted molar refractivity (Wildman–Crippen MR) is 118 cm³/mol. The molecule has 0 bridgehead atoms. The lowest BCUT2D eigenvalue weighted by atomic mass is 9.85. The summed E-state index contributed by atoms with van der Waals surface area (Å²) in [6.45, 7) is 0. The van der Waals surface area contributed by atoms with Crippen LogP contribution in [0.4, 0.5) is 5.82 Å². The van der Waals surface area contributed by atoms with Crippen LogP contribution in [0, 0.1) is 17.2 Å². The molecular weight excluding hydrogens is 406 g/mol. The second-order valence-electron chi connectivity index (χ2n) is 7.53. The molecule has 4 rings (SSSR count). The molecule has 1 aliphatic rings. The van der Waals surface area contributed by atoms with Crippen molar-refractivity contribution < 1.29 is 19.1 Å². The zero-order valence-corrected chi connectivity index (χ0v) is 17.7. The number of benzene rings is 2. The summed E-state index contributed by atoms with van der Waals surface area (Å²) in [5, 5.41) is 11.7. The third-order valence-electron chi connectivity index (χ3n) is 5.76. The summed E-state index contributed by atoms with van der Waals surface area (Å²) in [6, 6.07) is 19.5. The van der Waals surface area contributed by atoms with Gasteiger partial charge in [-0.05, 0) is 42.3 Å². The lowest BCUT2D eigenvalue weighted by Crippen LogP contribution is -2.28. The smallest absolute Gasteiger partial charge is 0.230 e. The van der Waals surface area contributed by atoms with Gasteiger partial charge in [-0.3, -0.25) is 9.59 Å². The average molecular weight is 427 g/mol. The van der Waals surface area contributed by atoms with Crippen LogP contribution in [0.25, 0.3) is 0 Å². The third-order valence-corrected chi connectivity index (χ3v) is 5.76. The number of anilines is 1. The Bertz CT molecular complexity index is 1200. The quantitative estimate of drug-likeness (QED) is 0.576. The van der Waals surface area contributed by atoms with Crippen molar-refractivity contribution >= 4 is 17.5 Å². The number of ether oxygens (including phenoxy) is 2. The lowest BCUT2D eigenvalue weighted by molar-refractivity contribution is -0.117. The molecule has 32 heavy (non-hydrogen) atoms. The summed E-state index contributed by atoms with van der Waals surface area (Å²) in [6.07, 6.45) is 1.77. The first-order valence-corrected chi connectivity index (χ1v) is 10.0. The molecule has 2 atom stereocenters. The van der Waals surface area contributed by atoms with Crippen LogP contribution in [0.3, 0.4) is 0 Å². The number of hydrogen-bond acceptors (Lipinski definition) is 6. The number of nitrogens with one attached hydrogen (secondary N) is 1. The largest absolute Gasteiger partial charge is 0.493 e. The van der Waals surface area contributed by atoms with Crippen molar-refractivity contribution in [1.82, 2.24) is 4.98 Å². The van der Waals surface area contributed by atoms with Crippen LogP contribution in [0.2, 0.25) is 0 Å². The summed E-state index contributed by atoms with van der Waals surface area (Å²) >= 11 is 0. The van der Waals surface area contributed by atoms with E-state index in [4.69, 9.17) is 14.7 Å². The van der Waals surface area contributed by atoms with Crippen LogP contribution in [-0.2, 0) is 10.2 Å². The van der Waals surface area contributed by atoms with Crippen molar-refractivity contribution in [3.05, 3.63) is 83.6 Å². The molecule has 0 saturated heterocycles. The van der Waals surface area contributed by atoms with Gasteiger partial charge < -0.3 is 14.8 Å². The van der Waals surface area contributed by atoms with E-state index in [0.29, 0.717) is 34.9 Å². The molecule has 1 aromatic heterocycles. The molecule has 2 aromatic carbocycles. The van der Waals surface area contributed by atoms with Crippen LogP contribution in [0.1, 0.15) is 27.9 Å². The molecule has 0 spiro atoms. The zero-order valence-electron chi connectivity index (χ0n) is 17.7. The second kappa shape index (κ2) is 8.52. The highest BCUT2D eigenvalue weighted by Gasteiger charge is 2.64. The third kappa shape index (κ3) is 3.67. The van der Waals surface area contributed by atoms with Crippen LogP contribution in [-0.4, -0.2) is 30.9 Å². The second-order valence-corrected chi connectivity index (χ2v) is 7.53. The van der Waals surface area contributed by atoms with Crippen molar-refractivity contribution in [3.8, 4) is 17.6 Å². The van der Waals surface area contributed by atoms with Gasteiger partial charge >= 0.3 is 0 Å². The Morgan fingerprint density at radius 2 is 1.81 bits per heavy atom. The maximum atomic E-state index is 13.7. The lowest BCUT2D eigenvalue weighted by Gasteiger charge is -2.18. The van der Waals surface area contributed by atoms with Crippen molar-refractivity contribution in [1.29, 1.82) is 5.26 Å².